The second-order valence-electron chi connectivity index (χ2n) is 10.9. The molecule has 2 aromatic heterocycles. The number of rotatable bonds is 10. The van der Waals surface area contributed by atoms with Crippen LogP contribution in [0, 0.1) is 0 Å². The molecule has 2 aliphatic rings. The van der Waals surface area contributed by atoms with Crippen LogP contribution in [0.3, 0.4) is 0 Å². The highest BCUT2D eigenvalue weighted by atomic mass is 35.5. The van der Waals surface area contributed by atoms with Crippen LogP contribution in [0.2, 0.25) is 10.0 Å². The molecule has 1 aliphatic carbocycles. The van der Waals surface area contributed by atoms with Gasteiger partial charge < -0.3 is 10.1 Å². The number of ether oxygens (including phenoxy) is 1. The minimum absolute atomic E-state index is 0.106. The molecule has 45 heavy (non-hydrogen) atoms. The number of amides is 3. The summed E-state index contributed by atoms with van der Waals surface area (Å²) in [6.45, 7) is -0.233. The zero-order valence-electron chi connectivity index (χ0n) is 23.7. The highest BCUT2D eigenvalue weighted by molar-refractivity contribution is 6.35. The number of aromatic nitrogens is 3. The Labute approximate surface area is 267 Å². The molecule has 1 unspecified atom stereocenters. The summed E-state index contributed by atoms with van der Waals surface area (Å²) in [4.78, 5) is 50.1. The number of nitrogens with zero attached hydrogens (tertiary/aromatic N) is 4. The van der Waals surface area contributed by atoms with Gasteiger partial charge in [0.1, 0.15) is 5.75 Å². The second-order valence-corrected chi connectivity index (χ2v) is 11.7. The van der Waals surface area contributed by atoms with Crippen LogP contribution in [0.4, 0.5) is 0 Å². The first-order chi connectivity index (χ1) is 21.9. The van der Waals surface area contributed by atoms with Crippen LogP contribution in [0.5, 0.6) is 11.5 Å². The molecule has 226 valence electrons. The Morgan fingerprint density at radius 2 is 1.76 bits per heavy atom. The molecule has 7 rings (SSSR count). The largest absolute Gasteiger partial charge is 0.453 e. The van der Waals surface area contributed by atoms with E-state index in [9.17, 15) is 14.4 Å². The van der Waals surface area contributed by atoms with Crippen molar-refractivity contribution in [2.45, 2.75) is 31.2 Å². The molecule has 0 radical (unpaired) electrons. The Bertz CT molecular complexity index is 1940. The molecular weight excluding hydrogens is 617 g/mol. The SMILES string of the molecule is O=C(NC(CON1C(=O)c2ccccc2C1=O)Cc1ccc(Cl)cc1Cl)c1c(Oc2cccc(C3CC3)c2)cnc2ccnn12. The van der Waals surface area contributed by atoms with E-state index in [-0.39, 0.29) is 35.6 Å². The maximum atomic E-state index is 14.1. The van der Waals surface area contributed by atoms with Crippen LogP contribution in [0.15, 0.2) is 85.2 Å². The van der Waals surface area contributed by atoms with Crippen LogP contribution in [0.25, 0.3) is 5.65 Å². The van der Waals surface area contributed by atoms with Crippen LogP contribution in [-0.2, 0) is 11.3 Å². The van der Waals surface area contributed by atoms with Gasteiger partial charge in [-0.2, -0.15) is 5.10 Å². The van der Waals surface area contributed by atoms with Crippen molar-refractivity contribution in [3.05, 3.63) is 123 Å². The number of halogens is 2. The quantitative estimate of drug-likeness (QED) is 0.179. The average molecular weight is 642 g/mol. The lowest BCUT2D eigenvalue weighted by atomic mass is 10.1. The van der Waals surface area contributed by atoms with E-state index in [1.165, 1.54) is 22.5 Å². The molecule has 12 heteroatoms. The van der Waals surface area contributed by atoms with E-state index in [4.69, 9.17) is 32.8 Å². The number of benzene rings is 3. The number of hydrogen-bond donors (Lipinski definition) is 1. The molecule has 0 saturated heterocycles. The molecule has 3 amide bonds. The fraction of sp³-hybridized carbons (Fsp3) is 0.182. The standard InChI is InChI=1S/C33H25Cl2N5O5/c34-22-11-10-21(27(35)16-22)14-23(18-44-40-32(42)25-6-1-2-7-26(25)33(40)43)38-31(41)30-28(17-36-29-12-13-37-39(29)30)45-24-5-3-4-20(15-24)19-8-9-19/h1-7,10-13,15-17,19,23H,8-9,14,18H2,(H,38,41). The molecule has 1 aliphatic heterocycles. The van der Waals surface area contributed by atoms with Crippen molar-refractivity contribution >= 4 is 46.6 Å². The first kappa shape index (κ1) is 29.0. The van der Waals surface area contributed by atoms with E-state index in [0.717, 1.165) is 12.8 Å². The second kappa shape index (κ2) is 12.0. The first-order valence-electron chi connectivity index (χ1n) is 14.3. The van der Waals surface area contributed by atoms with Gasteiger partial charge in [-0.25, -0.2) is 9.50 Å². The van der Waals surface area contributed by atoms with Crippen LogP contribution in [0.1, 0.15) is 61.1 Å². The topological polar surface area (TPSA) is 115 Å². The third-order valence-corrected chi connectivity index (χ3v) is 8.30. The monoisotopic (exact) mass is 641 g/mol. The van der Waals surface area contributed by atoms with Gasteiger partial charge in [-0.15, -0.1) is 5.06 Å². The molecule has 0 spiro atoms. The fourth-order valence-corrected chi connectivity index (χ4v) is 5.81. The van der Waals surface area contributed by atoms with Crippen molar-refractivity contribution in [3.63, 3.8) is 0 Å². The number of imide groups is 1. The molecule has 1 N–H and O–H groups in total. The number of hydrogen-bond acceptors (Lipinski definition) is 7. The Kier molecular flexibility index (Phi) is 7.70. The van der Waals surface area contributed by atoms with E-state index >= 15 is 0 Å². The van der Waals surface area contributed by atoms with Gasteiger partial charge in [-0.3, -0.25) is 19.2 Å². The maximum absolute atomic E-state index is 14.1. The molecule has 3 aromatic carbocycles. The summed E-state index contributed by atoms with van der Waals surface area (Å²) in [6, 6.07) is 20.2. The van der Waals surface area contributed by atoms with Crippen molar-refractivity contribution < 1.29 is 24.0 Å². The molecule has 3 heterocycles. The normalized spacial score (nSPS) is 14.9. The Hall–Kier alpha value is -4.77. The maximum Gasteiger partial charge on any atom is 0.285 e. The summed E-state index contributed by atoms with van der Waals surface area (Å²) in [5.41, 5.74) is 2.89. The summed E-state index contributed by atoms with van der Waals surface area (Å²) in [5, 5.41) is 8.85. The summed E-state index contributed by atoms with van der Waals surface area (Å²) >= 11 is 12.6. The lowest BCUT2D eigenvalue weighted by Gasteiger charge is -2.23. The number of fused-ring (bicyclic) bond motifs is 2. The predicted molar refractivity (Wildman–Crippen MR) is 166 cm³/mol. The van der Waals surface area contributed by atoms with Gasteiger partial charge in [-0.05, 0) is 72.7 Å². The molecule has 0 bridgehead atoms. The Morgan fingerprint density at radius 1 is 0.978 bits per heavy atom. The highest BCUT2D eigenvalue weighted by Gasteiger charge is 2.37. The van der Waals surface area contributed by atoms with Crippen molar-refractivity contribution in [2.24, 2.45) is 0 Å². The first-order valence-corrected chi connectivity index (χ1v) is 15.1. The molecule has 1 atom stereocenters. The van der Waals surface area contributed by atoms with E-state index < -0.39 is 23.8 Å². The van der Waals surface area contributed by atoms with E-state index in [0.29, 0.717) is 38.0 Å². The van der Waals surface area contributed by atoms with Crippen LogP contribution < -0.4 is 10.1 Å². The van der Waals surface area contributed by atoms with Crippen molar-refractivity contribution in [1.29, 1.82) is 0 Å². The molecular formula is C33H25Cl2N5O5. The van der Waals surface area contributed by atoms with Gasteiger partial charge in [0.15, 0.2) is 17.1 Å². The predicted octanol–water partition coefficient (Wildman–Crippen LogP) is 6.27. The Morgan fingerprint density at radius 3 is 2.49 bits per heavy atom. The van der Waals surface area contributed by atoms with E-state index in [2.05, 4.69) is 21.5 Å². The zero-order valence-corrected chi connectivity index (χ0v) is 25.2. The van der Waals surface area contributed by atoms with Crippen LogP contribution in [-0.4, -0.2) is 50.0 Å². The van der Waals surface area contributed by atoms with Gasteiger partial charge >= 0.3 is 0 Å². The Balaban J connectivity index is 1.18. The molecule has 5 aromatic rings. The van der Waals surface area contributed by atoms with Crippen molar-refractivity contribution in [2.75, 3.05) is 6.61 Å². The lowest BCUT2D eigenvalue weighted by Crippen LogP contribution is -2.43. The summed E-state index contributed by atoms with van der Waals surface area (Å²) in [6.07, 6.45) is 5.49. The number of hydroxylamine groups is 2. The van der Waals surface area contributed by atoms with Gasteiger partial charge in [0.05, 0.1) is 36.2 Å². The third kappa shape index (κ3) is 5.87. The lowest BCUT2D eigenvalue weighted by molar-refractivity contribution is -0.0968. The van der Waals surface area contributed by atoms with Gasteiger partial charge in [-0.1, -0.05) is 53.5 Å². The number of carbonyl (C=O) groups is 3. The van der Waals surface area contributed by atoms with Gasteiger partial charge in [0.2, 0.25) is 0 Å². The van der Waals surface area contributed by atoms with Gasteiger partial charge in [0.25, 0.3) is 17.7 Å². The smallest absolute Gasteiger partial charge is 0.285 e. The summed E-state index contributed by atoms with van der Waals surface area (Å²) in [7, 11) is 0. The minimum Gasteiger partial charge on any atom is -0.453 e. The highest BCUT2D eigenvalue weighted by Crippen LogP contribution is 2.41. The summed E-state index contributed by atoms with van der Waals surface area (Å²) < 4.78 is 7.61. The fourth-order valence-electron chi connectivity index (χ4n) is 5.32. The number of nitrogens with one attached hydrogen (secondary N) is 1. The molecule has 1 saturated carbocycles. The van der Waals surface area contributed by atoms with Gasteiger partial charge in [0, 0.05) is 16.1 Å². The van der Waals surface area contributed by atoms with Crippen molar-refractivity contribution in [1.82, 2.24) is 25.0 Å². The molecule has 10 nitrogen and oxygen atoms in total. The average Bonchev–Trinajstić information content (AvgIpc) is 3.73. The van der Waals surface area contributed by atoms with E-state index in [1.807, 2.05) is 18.2 Å². The minimum atomic E-state index is -0.759. The van der Waals surface area contributed by atoms with E-state index in [1.54, 1.807) is 48.5 Å². The summed E-state index contributed by atoms with van der Waals surface area (Å²) in [5.74, 6) is -0.420. The van der Waals surface area contributed by atoms with Crippen molar-refractivity contribution in [3.8, 4) is 11.5 Å². The zero-order chi connectivity index (χ0) is 31.1. The van der Waals surface area contributed by atoms with Crippen LogP contribution >= 0.6 is 23.2 Å². The third-order valence-electron chi connectivity index (χ3n) is 7.71. The molecule has 1 fully saturated rings. The number of carbonyl (C=O) groups excluding carboxylic acids is 3.